The first-order chi connectivity index (χ1) is 12.5. The predicted molar refractivity (Wildman–Crippen MR) is 98.9 cm³/mol. The zero-order chi connectivity index (χ0) is 18.7. The van der Waals surface area contributed by atoms with Crippen LogP contribution >= 0.6 is 11.6 Å². The van der Waals surface area contributed by atoms with Gasteiger partial charge in [-0.15, -0.1) is 0 Å². The molecule has 1 aromatic carbocycles. The summed E-state index contributed by atoms with van der Waals surface area (Å²) in [6.45, 7) is 2.85. The molecule has 3 aromatic rings. The summed E-state index contributed by atoms with van der Waals surface area (Å²) in [7, 11) is 0. The molecule has 0 aliphatic heterocycles. The molecule has 1 amide bonds. The van der Waals surface area contributed by atoms with Crippen LogP contribution in [-0.2, 0) is 6.54 Å². The van der Waals surface area contributed by atoms with E-state index in [0.29, 0.717) is 12.4 Å². The van der Waals surface area contributed by atoms with E-state index in [1.165, 1.54) is 0 Å². The molecule has 0 fully saturated rings. The molecule has 26 heavy (non-hydrogen) atoms. The van der Waals surface area contributed by atoms with Crippen molar-refractivity contribution in [3.8, 4) is 5.75 Å². The summed E-state index contributed by atoms with van der Waals surface area (Å²) in [5.74, 6) is 0.697. The van der Waals surface area contributed by atoms with Gasteiger partial charge in [-0.05, 0) is 18.6 Å². The van der Waals surface area contributed by atoms with Gasteiger partial charge >= 0.3 is 0 Å². The first-order valence-corrected chi connectivity index (χ1v) is 8.34. The van der Waals surface area contributed by atoms with Crippen molar-refractivity contribution >= 4 is 40.2 Å². The predicted octanol–water partition coefficient (Wildman–Crippen LogP) is 1.89. The lowest BCUT2D eigenvalue weighted by Gasteiger charge is -2.06. The molecule has 2 aromatic heterocycles. The Morgan fingerprint density at radius 2 is 2.08 bits per heavy atom. The molecular formula is C16H18ClN7O2. The van der Waals surface area contributed by atoms with Crippen LogP contribution in [0.2, 0.25) is 5.15 Å². The van der Waals surface area contributed by atoms with Crippen LogP contribution in [0.3, 0.4) is 0 Å². The van der Waals surface area contributed by atoms with Crippen molar-refractivity contribution in [3.05, 3.63) is 34.9 Å². The molecule has 3 rings (SSSR count). The van der Waals surface area contributed by atoms with Crippen molar-refractivity contribution in [3.63, 3.8) is 0 Å². The van der Waals surface area contributed by atoms with Gasteiger partial charge in [0.05, 0.1) is 24.2 Å². The summed E-state index contributed by atoms with van der Waals surface area (Å²) in [6.07, 6.45) is 0.930. The number of nitrogens with one attached hydrogen (secondary N) is 2. The van der Waals surface area contributed by atoms with E-state index < -0.39 is 5.91 Å². The number of nitrogens with two attached hydrogens (primary N) is 2. The largest absolute Gasteiger partial charge is 0.494 e. The number of halogens is 1. The minimum atomic E-state index is -0.524. The number of carbonyl (C=O) groups is 1. The molecule has 0 atom stereocenters. The van der Waals surface area contributed by atoms with Crippen molar-refractivity contribution in [2.45, 2.75) is 19.9 Å². The number of aromatic nitrogens is 4. The molecule has 0 saturated carbocycles. The van der Waals surface area contributed by atoms with E-state index in [9.17, 15) is 4.79 Å². The Bertz CT molecular complexity index is 957. The van der Waals surface area contributed by atoms with Crippen molar-refractivity contribution in [2.24, 2.45) is 0 Å². The summed E-state index contributed by atoms with van der Waals surface area (Å²) in [6, 6.07) is 5.58. The highest BCUT2D eigenvalue weighted by atomic mass is 35.5. The molecule has 136 valence electrons. The number of fused-ring (bicyclic) bond motifs is 1. The Labute approximate surface area is 154 Å². The van der Waals surface area contributed by atoms with E-state index in [1.54, 1.807) is 0 Å². The molecule has 0 saturated heterocycles. The smallest absolute Gasteiger partial charge is 0.274 e. The molecular weight excluding hydrogens is 358 g/mol. The summed E-state index contributed by atoms with van der Waals surface area (Å²) < 4.78 is 5.59. The Morgan fingerprint density at radius 3 is 2.85 bits per heavy atom. The Hall–Kier alpha value is -3.07. The second-order valence-corrected chi connectivity index (χ2v) is 5.89. The molecule has 6 N–H and O–H groups in total. The molecule has 0 aliphatic rings. The number of carbonyl (C=O) groups excluding carboxylic acids is 1. The van der Waals surface area contributed by atoms with Crippen LogP contribution in [0.25, 0.3) is 11.0 Å². The summed E-state index contributed by atoms with van der Waals surface area (Å²) in [5, 5.41) is 2.59. The third kappa shape index (κ3) is 3.77. The molecule has 2 heterocycles. The van der Waals surface area contributed by atoms with Crippen molar-refractivity contribution in [2.75, 3.05) is 18.1 Å². The number of nitrogen functional groups attached to an aromatic ring is 2. The van der Waals surface area contributed by atoms with Gasteiger partial charge in [0.25, 0.3) is 5.91 Å². The molecule has 9 nitrogen and oxygen atoms in total. The van der Waals surface area contributed by atoms with Gasteiger partial charge in [-0.1, -0.05) is 18.5 Å². The first kappa shape index (κ1) is 17.7. The number of imidazole rings is 1. The van der Waals surface area contributed by atoms with E-state index in [4.69, 9.17) is 27.8 Å². The fraction of sp³-hybridized carbons (Fsp3) is 0.250. The quantitative estimate of drug-likeness (QED) is 0.514. The average molecular weight is 376 g/mol. The SMILES string of the molecule is CCCOc1ccc2nc(CNC(=O)c3nc(Cl)c(N)nc3N)[nH]c2c1. The van der Waals surface area contributed by atoms with Gasteiger partial charge in [-0.2, -0.15) is 0 Å². The molecule has 0 unspecified atom stereocenters. The normalized spacial score (nSPS) is 10.8. The Balaban J connectivity index is 1.71. The van der Waals surface area contributed by atoms with Gasteiger partial charge in [0.2, 0.25) is 0 Å². The van der Waals surface area contributed by atoms with Crippen molar-refractivity contribution in [1.82, 2.24) is 25.3 Å². The molecule has 0 aliphatic carbocycles. The van der Waals surface area contributed by atoms with Crippen molar-refractivity contribution in [1.29, 1.82) is 0 Å². The van der Waals surface area contributed by atoms with Gasteiger partial charge in [-0.3, -0.25) is 4.79 Å². The number of benzene rings is 1. The van der Waals surface area contributed by atoms with Gasteiger partial charge in [0.15, 0.2) is 22.5 Å². The lowest BCUT2D eigenvalue weighted by Crippen LogP contribution is -2.26. The zero-order valence-corrected chi connectivity index (χ0v) is 14.8. The maximum absolute atomic E-state index is 12.2. The fourth-order valence-electron chi connectivity index (χ4n) is 2.29. The van der Waals surface area contributed by atoms with E-state index in [0.717, 1.165) is 23.2 Å². The summed E-state index contributed by atoms with van der Waals surface area (Å²) in [5.41, 5.74) is 12.7. The standard InChI is InChI=1S/C16H18ClN7O2/c1-2-5-26-8-3-4-9-10(6-8)22-11(21-9)7-20-16(25)12-14(18)24-15(19)13(17)23-12/h3-4,6H,2,5,7H2,1H3,(H,20,25)(H,21,22)(H4,18,19,24). The van der Waals surface area contributed by atoms with Crippen LogP contribution in [0.5, 0.6) is 5.75 Å². The van der Waals surface area contributed by atoms with Gasteiger partial charge < -0.3 is 26.5 Å². The topological polar surface area (TPSA) is 145 Å². The second-order valence-electron chi connectivity index (χ2n) is 5.53. The Morgan fingerprint density at radius 1 is 1.27 bits per heavy atom. The van der Waals surface area contributed by atoms with Crippen LogP contribution < -0.4 is 21.5 Å². The average Bonchev–Trinajstić information content (AvgIpc) is 3.03. The molecule has 0 radical (unpaired) electrons. The highest BCUT2D eigenvalue weighted by molar-refractivity contribution is 6.31. The first-order valence-electron chi connectivity index (χ1n) is 7.96. The van der Waals surface area contributed by atoms with Crippen LogP contribution in [0.4, 0.5) is 11.6 Å². The number of anilines is 2. The number of hydrogen-bond acceptors (Lipinski definition) is 7. The van der Waals surface area contributed by atoms with Gasteiger partial charge in [0.1, 0.15) is 11.6 Å². The van der Waals surface area contributed by atoms with Crippen molar-refractivity contribution < 1.29 is 9.53 Å². The van der Waals surface area contributed by atoms with E-state index in [-0.39, 0.29) is 29.0 Å². The van der Waals surface area contributed by atoms with E-state index in [2.05, 4.69) is 25.3 Å². The highest BCUT2D eigenvalue weighted by Crippen LogP contribution is 2.20. The third-order valence-electron chi connectivity index (χ3n) is 3.51. The van der Waals surface area contributed by atoms with Gasteiger partial charge in [0, 0.05) is 6.07 Å². The third-order valence-corrected chi connectivity index (χ3v) is 3.79. The number of hydrogen-bond donors (Lipinski definition) is 4. The monoisotopic (exact) mass is 375 g/mol. The Kier molecular flexibility index (Phi) is 5.08. The summed E-state index contributed by atoms with van der Waals surface area (Å²) >= 11 is 5.79. The van der Waals surface area contributed by atoms with Crippen LogP contribution in [0, 0.1) is 0 Å². The molecule has 10 heteroatoms. The maximum Gasteiger partial charge on any atom is 0.274 e. The van der Waals surface area contributed by atoms with Crippen LogP contribution in [0.1, 0.15) is 29.7 Å². The fourth-order valence-corrected chi connectivity index (χ4v) is 2.42. The maximum atomic E-state index is 12.2. The molecule has 0 spiro atoms. The van der Waals surface area contributed by atoms with E-state index >= 15 is 0 Å². The second kappa shape index (κ2) is 7.44. The number of H-pyrrole nitrogens is 1. The number of ether oxygens (including phenoxy) is 1. The number of rotatable bonds is 6. The minimum absolute atomic E-state index is 0.0286. The lowest BCUT2D eigenvalue weighted by atomic mass is 10.3. The zero-order valence-electron chi connectivity index (χ0n) is 14.0. The number of amides is 1. The lowest BCUT2D eigenvalue weighted by molar-refractivity contribution is 0.0945. The van der Waals surface area contributed by atoms with E-state index in [1.807, 2.05) is 25.1 Å². The highest BCUT2D eigenvalue weighted by Gasteiger charge is 2.16. The number of aromatic amines is 1. The minimum Gasteiger partial charge on any atom is -0.494 e. The number of nitrogens with zero attached hydrogens (tertiary/aromatic N) is 3. The van der Waals surface area contributed by atoms with Crippen LogP contribution in [-0.4, -0.2) is 32.4 Å². The van der Waals surface area contributed by atoms with Crippen LogP contribution in [0.15, 0.2) is 18.2 Å². The molecule has 0 bridgehead atoms. The van der Waals surface area contributed by atoms with Gasteiger partial charge in [-0.25, -0.2) is 15.0 Å². The summed E-state index contributed by atoms with van der Waals surface area (Å²) in [4.78, 5) is 27.4.